The molecule has 0 aliphatic carbocycles. The van der Waals surface area contributed by atoms with Gasteiger partial charge in [0.1, 0.15) is 5.58 Å². The van der Waals surface area contributed by atoms with Crippen molar-refractivity contribution < 1.29 is 4.42 Å². The molecule has 2 nitrogen and oxygen atoms in total. The summed E-state index contributed by atoms with van der Waals surface area (Å²) in [4.78, 5) is 2.30. The van der Waals surface area contributed by atoms with E-state index in [2.05, 4.69) is 169 Å². The predicted molar refractivity (Wildman–Crippen MR) is 186 cm³/mol. The maximum Gasteiger partial charge on any atom is 0.159 e. The van der Waals surface area contributed by atoms with Crippen LogP contribution in [0.25, 0.3) is 65.4 Å². The van der Waals surface area contributed by atoms with Crippen molar-refractivity contribution in [2.75, 3.05) is 4.90 Å². The molecular weight excluding hydrogens is 534 g/mol. The van der Waals surface area contributed by atoms with Gasteiger partial charge in [-0.05, 0) is 92.0 Å². The lowest BCUT2D eigenvalue weighted by Gasteiger charge is -2.25. The van der Waals surface area contributed by atoms with Crippen LogP contribution in [0.5, 0.6) is 0 Å². The summed E-state index contributed by atoms with van der Waals surface area (Å²) >= 11 is 0. The third-order valence-corrected chi connectivity index (χ3v) is 8.80. The smallest absolute Gasteiger partial charge is 0.159 e. The molecule has 0 unspecified atom stereocenters. The van der Waals surface area contributed by atoms with Crippen LogP contribution in [0.1, 0.15) is 0 Å². The number of hydrogen-bond donors (Lipinski definition) is 0. The molecule has 0 atom stereocenters. The molecule has 9 aromatic rings. The highest BCUT2D eigenvalue weighted by molar-refractivity contribution is 6.15. The zero-order valence-electron chi connectivity index (χ0n) is 23.9. The number of nitrogens with zero attached hydrogens (tertiary/aromatic N) is 1. The fourth-order valence-corrected chi connectivity index (χ4v) is 6.73. The van der Waals surface area contributed by atoms with E-state index >= 15 is 0 Å². The highest BCUT2D eigenvalue weighted by Gasteiger charge is 2.20. The van der Waals surface area contributed by atoms with E-state index in [9.17, 15) is 0 Å². The number of hydrogen-bond acceptors (Lipinski definition) is 2. The van der Waals surface area contributed by atoms with Gasteiger partial charge in [0.05, 0.1) is 5.69 Å². The Morgan fingerprint density at radius 3 is 1.80 bits per heavy atom. The minimum atomic E-state index is 0.881. The van der Waals surface area contributed by atoms with Crippen LogP contribution in [0.2, 0.25) is 0 Å². The average Bonchev–Trinajstić information content (AvgIpc) is 3.46. The number of furan rings is 1. The van der Waals surface area contributed by atoms with Crippen LogP contribution in [0.3, 0.4) is 0 Å². The van der Waals surface area contributed by atoms with Crippen LogP contribution in [0, 0.1) is 0 Å². The molecule has 0 saturated carbocycles. The van der Waals surface area contributed by atoms with Crippen LogP contribution in [0.15, 0.2) is 168 Å². The van der Waals surface area contributed by atoms with Crippen molar-refractivity contribution in [1.29, 1.82) is 0 Å². The Morgan fingerprint density at radius 2 is 1.00 bits per heavy atom. The van der Waals surface area contributed by atoms with Crippen molar-refractivity contribution in [1.82, 2.24) is 0 Å². The van der Waals surface area contributed by atoms with Gasteiger partial charge in [0.15, 0.2) is 5.58 Å². The summed E-state index contributed by atoms with van der Waals surface area (Å²) < 4.78 is 6.66. The summed E-state index contributed by atoms with van der Waals surface area (Å²) in [5, 5.41) is 9.71. The molecule has 0 radical (unpaired) electrons. The van der Waals surface area contributed by atoms with E-state index in [1.165, 1.54) is 43.4 Å². The lowest BCUT2D eigenvalue weighted by molar-refractivity contribution is 0.669. The molecular formula is C42H27NO. The van der Waals surface area contributed by atoms with Crippen LogP contribution in [-0.4, -0.2) is 0 Å². The maximum absolute atomic E-state index is 6.66. The van der Waals surface area contributed by atoms with Gasteiger partial charge < -0.3 is 9.32 Å². The van der Waals surface area contributed by atoms with Crippen molar-refractivity contribution in [2.24, 2.45) is 0 Å². The molecule has 0 aliphatic rings. The molecule has 0 fully saturated rings. The normalized spacial score (nSPS) is 11.6. The zero-order valence-corrected chi connectivity index (χ0v) is 23.9. The van der Waals surface area contributed by atoms with Gasteiger partial charge in [0, 0.05) is 22.1 Å². The molecule has 8 aromatic carbocycles. The first-order valence-electron chi connectivity index (χ1n) is 15.0. The summed E-state index contributed by atoms with van der Waals surface area (Å²) in [6.45, 7) is 0. The summed E-state index contributed by atoms with van der Waals surface area (Å²) in [6.07, 6.45) is 0. The van der Waals surface area contributed by atoms with Gasteiger partial charge in [-0.25, -0.2) is 0 Å². The van der Waals surface area contributed by atoms with E-state index in [1.807, 2.05) is 0 Å². The molecule has 1 heterocycles. The van der Waals surface area contributed by atoms with Crippen LogP contribution in [-0.2, 0) is 0 Å². The quantitative estimate of drug-likeness (QED) is 0.199. The van der Waals surface area contributed by atoms with Crippen LogP contribution in [0.4, 0.5) is 17.1 Å². The van der Waals surface area contributed by atoms with E-state index in [-0.39, 0.29) is 0 Å². The van der Waals surface area contributed by atoms with Gasteiger partial charge in [-0.3, -0.25) is 0 Å². The van der Waals surface area contributed by atoms with E-state index in [0.717, 1.165) is 39.0 Å². The van der Waals surface area contributed by atoms with E-state index in [4.69, 9.17) is 4.42 Å². The second kappa shape index (κ2) is 9.86. The first-order chi connectivity index (χ1) is 21.8. The average molecular weight is 562 g/mol. The van der Waals surface area contributed by atoms with Crippen molar-refractivity contribution >= 4 is 71.3 Å². The largest absolute Gasteiger partial charge is 0.454 e. The Bertz CT molecular complexity index is 2490. The maximum atomic E-state index is 6.66. The minimum Gasteiger partial charge on any atom is -0.454 e. The number of para-hydroxylation sites is 2. The predicted octanol–water partition coefficient (Wildman–Crippen LogP) is 12.2. The molecule has 0 bridgehead atoms. The van der Waals surface area contributed by atoms with Gasteiger partial charge in [0.25, 0.3) is 0 Å². The Hall–Kier alpha value is -5.86. The first kappa shape index (κ1) is 24.7. The third kappa shape index (κ3) is 3.89. The topological polar surface area (TPSA) is 16.4 Å². The Morgan fingerprint density at radius 1 is 0.386 bits per heavy atom. The number of fused-ring (bicyclic) bond motifs is 7. The van der Waals surface area contributed by atoms with Crippen molar-refractivity contribution in [2.45, 2.75) is 0 Å². The molecule has 44 heavy (non-hydrogen) atoms. The highest BCUT2D eigenvalue weighted by atomic mass is 16.3. The zero-order chi connectivity index (χ0) is 29.0. The fourth-order valence-electron chi connectivity index (χ4n) is 6.73. The van der Waals surface area contributed by atoms with Crippen LogP contribution < -0.4 is 4.90 Å². The SMILES string of the molecule is c1ccc(N(c2ccc(-c3cc4ccccc4c4ccccc34)cc2)c2cccc3c2oc2cc4ccccc4cc23)cc1. The Balaban J connectivity index is 1.22. The molecule has 0 N–H and O–H groups in total. The Kier molecular flexibility index (Phi) is 5.54. The molecule has 9 rings (SSSR count). The molecule has 0 saturated heterocycles. The van der Waals surface area contributed by atoms with Gasteiger partial charge in [0.2, 0.25) is 0 Å². The van der Waals surface area contributed by atoms with E-state index < -0.39 is 0 Å². The van der Waals surface area contributed by atoms with E-state index in [0.29, 0.717) is 0 Å². The summed E-state index contributed by atoms with van der Waals surface area (Å²) in [7, 11) is 0. The number of anilines is 3. The minimum absolute atomic E-state index is 0.881. The van der Waals surface area contributed by atoms with Gasteiger partial charge >= 0.3 is 0 Å². The molecule has 1 aromatic heterocycles. The van der Waals surface area contributed by atoms with Gasteiger partial charge in [-0.15, -0.1) is 0 Å². The molecule has 206 valence electrons. The summed E-state index contributed by atoms with van der Waals surface area (Å²) in [5.41, 5.74) is 7.38. The monoisotopic (exact) mass is 561 g/mol. The fraction of sp³-hybridized carbons (Fsp3) is 0. The summed E-state index contributed by atoms with van der Waals surface area (Å²) in [6, 6.07) is 58.5. The van der Waals surface area contributed by atoms with Crippen molar-refractivity contribution in [3.05, 3.63) is 164 Å². The molecule has 0 aliphatic heterocycles. The lowest BCUT2D eigenvalue weighted by Crippen LogP contribution is -2.10. The number of rotatable bonds is 4. The van der Waals surface area contributed by atoms with E-state index in [1.54, 1.807) is 0 Å². The van der Waals surface area contributed by atoms with Gasteiger partial charge in [-0.2, -0.15) is 0 Å². The third-order valence-electron chi connectivity index (χ3n) is 8.80. The van der Waals surface area contributed by atoms with Crippen LogP contribution >= 0.6 is 0 Å². The van der Waals surface area contributed by atoms with Crippen molar-refractivity contribution in [3.8, 4) is 11.1 Å². The highest BCUT2D eigenvalue weighted by Crippen LogP contribution is 2.43. The first-order valence-corrected chi connectivity index (χ1v) is 15.0. The second-order valence-corrected chi connectivity index (χ2v) is 11.4. The molecule has 0 amide bonds. The number of benzene rings is 8. The molecule has 0 spiro atoms. The molecule has 2 heteroatoms. The standard InChI is InChI=1S/C42H27NO/c1-2-14-32(15-3-1)43(40-20-10-19-37-39-25-29-11-4-5-12-30(29)27-41(39)44-42(37)40)33-23-21-28(22-24-33)38-26-31-13-6-7-16-34(31)35-17-8-9-18-36(35)38/h1-27H. The second-order valence-electron chi connectivity index (χ2n) is 11.4. The lowest BCUT2D eigenvalue weighted by atomic mass is 9.93. The summed E-state index contributed by atoms with van der Waals surface area (Å²) in [5.74, 6) is 0. The Labute approximate surface area is 255 Å². The van der Waals surface area contributed by atoms with Crippen molar-refractivity contribution in [3.63, 3.8) is 0 Å². The van der Waals surface area contributed by atoms with Gasteiger partial charge in [-0.1, -0.05) is 115 Å².